The van der Waals surface area contributed by atoms with Gasteiger partial charge in [0.25, 0.3) is 0 Å². The molecule has 0 saturated carbocycles. The highest BCUT2D eigenvalue weighted by Gasteiger charge is 2.38. The molecule has 3 aromatic rings. The number of alkyl halides is 3. The fraction of sp³-hybridized carbons (Fsp3) is 0.250. The Labute approximate surface area is 213 Å². The van der Waals surface area contributed by atoms with Crippen molar-refractivity contribution in [3.63, 3.8) is 0 Å². The van der Waals surface area contributed by atoms with Crippen LogP contribution in [0.4, 0.5) is 18.9 Å². The van der Waals surface area contributed by atoms with Gasteiger partial charge >= 0.3 is 12.1 Å². The van der Waals surface area contributed by atoms with E-state index in [1.54, 1.807) is 6.07 Å². The van der Waals surface area contributed by atoms with Gasteiger partial charge in [-0.05, 0) is 48.7 Å². The molecule has 37 heavy (non-hydrogen) atoms. The van der Waals surface area contributed by atoms with Crippen molar-refractivity contribution in [1.29, 1.82) is 0 Å². The molecule has 0 aliphatic carbocycles. The number of aromatic nitrogens is 1. The zero-order valence-corrected chi connectivity index (χ0v) is 20.6. The molecule has 0 fully saturated rings. The van der Waals surface area contributed by atoms with Gasteiger partial charge in [0.2, 0.25) is 0 Å². The van der Waals surface area contributed by atoms with Crippen molar-refractivity contribution in [1.82, 2.24) is 4.98 Å². The van der Waals surface area contributed by atoms with E-state index in [2.05, 4.69) is 30.1 Å². The molecule has 3 rings (SSSR count). The predicted molar refractivity (Wildman–Crippen MR) is 135 cm³/mol. The highest BCUT2D eigenvalue weighted by molar-refractivity contribution is 6.12. The number of halogens is 3. The lowest BCUT2D eigenvalue weighted by Gasteiger charge is -2.14. The van der Waals surface area contributed by atoms with E-state index in [0.29, 0.717) is 29.3 Å². The lowest BCUT2D eigenvalue weighted by Crippen LogP contribution is -2.21. The van der Waals surface area contributed by atoms with Gasteiger partial charge in [-0.1, -0.05) is 50.1 Å². The molecule has 2 aromatic carbocycles. The van der Waals surface area contributed by atoms with Crippen LogP contribution in [0.1, 0.15) is 52.6 Å². The van der Waals surface area contributed by atoms with Gasteiger partial charge in [0.15, 0.2) is 5.78 Å². The maximum absolute atomic E-state index is 13.3. The molecule has 194 valence electrons. The lowest BCUT2D eigenvalue weighted by molar-refractivity contribution is -0.192. The second-order valence-electron chi connectivity index (χ2n) is 8.23. The summed E-state index contributed by atoms with van der Waals surface area (Å²) >= 11 is 0. The largest absolute Gasteiger partial charge is 0.490 e. The van der Waals surface area contributed by atoms with Crippen LogP contribution in [0.25, 0.3) is 0 Å². The molecule has 0 aliphatic rings. The van der Waals surface area contributed by atoms with Crippen molar-refractivity contribution >= 4 is 17.4 Å². The summed E-state index contributed by atoms with van der Waals surface area (Å²) in [6.45, 7) is 6.88. The van der Waals surface area contributed by atoms with E-state index in [0.717, 1.165) is 17.1 Å². The first-order valence-corrected chi connectivity index (χ1v) is 11.2. The minimum absolute atomic E-state index is 0.0730. The summed E-state index contributed by atoms with van der Waals surface area (Å²) in [7, 11) is 0. The number of terminal acetylenes is 1. The molecule has 0 unspecified atom stereocenters. The van der Waals surface area contributed by atoms with E-state index in [9.17, 15) is 18.0 Å². The average molecular weight is 513 g/mol. The molecule has 0 bridgehead atoms. The van der Waals surface area contributed by atoms with Crippen molar-refractivity contribution in [2.45, 2.75) is 39.4 Å². The van der Waals surface area contributed by atoms with Gasteiger partial charge in [0.05, 0.1) is 12.2 Å². The van der Waals surface area contributed by atoms with Gasteiger partial charge in [-0.15, -0.1) is 6.42 Å². The number of hydrogen-bond acceptors (Lipinski definition) is 5. The second kappa shape index (κ2) is 13.1. The quantitative estimate of drug-likeness (QED) is 0.284. The van der Waals surface area contributed by atoms with Crippen LogP contribution in [0.2, 0.25) is 0 Å². The molecule has 0 aliphatic heterocycles. The van der Waals surface area contributed by atoms with Gasteiger partial charge in [0.1, 0.15) is 12.4 Å². The first kappa shape index (κ1) is 28.9. The van der Waals surface area contributed by atoms with Gasteiger partial charge in [0, 0.05) is 22.5 Å². The SMILES string of the molecule is C#CCOc1ccc(NCc2cccc(C)n2)c(C(=O)c2ccc(C(C)C)cc2)c1.O=C(O)C(F)(F)F. The third-order valence-corrected chi connectivity index (χ3v) is 5.05. The number of carbonyl (C=O) groups excluding carboxylic acids is 1. The number of benzene rings is 2. The first-order valence-electron chi connectivity index (χ1n) is 11.2. The molecule has 0 amide bonds. The molecule has 0 radical (unpaired) electrons. The Morgan fingerprint density at radius 2 is 1.76 bits per heavy atom. The summed E-state index contributed by atoms with van der Waals surface area (Å²) in [6, 6.07) is 19.0. The molecule has 0 spiro atoms. The normalized spacial score (nSPS) is 10.6. The smallest absolute Gasteiger partial charge is 0.481 e. The lowest BCUT2D eigenvalue weighted by atomic mass is 9.97. The number of nitrogens with zero attached hydrogens (tertiary/aromatic N) is 1. The fourth-order valence-corrected chi connectivity index (χ4v) is 3.14. The maximum atomic E-state index is 13.3. The molecule has 1 heterocycles. The van der Waals surface area contributed by atoms with Crippen molar-refractivity contribution in [2.24, 2.45) is 0 Å². The van der Waals surface area contributed by atoms with Crippen LogP contribution >= 0.6 is 0 Å². The molecule has 0 atom stereocenters. The summed E-state index contributed by atoms with van der Waals surface area (Å²) in [6.07, 6.45) is 0.213. The molecule has 6 nitrogen and oxygen atoms in total. The molecular weight excluding hydrogens is 485 g/mol. The van der Waals surface area contributed by atoms with E-state index in [-0.39, 0.29) is 12.4 Å². The summed E-state index contributed by atoms with van der Waals surface area (Å²) in [5.74, 6) is 0.594. The summed E-state index contributed by atoms with van der Waals surface area (Å²) < 4.78 is 37.3. The molecule has 1 aromatic heterocycles. The van der Waals surface area contributed by atoms with Gasteiger partial charge in [-0.25, -0.2) is 4.79 Å². The van der Waals surface area contributed by atoms with Crippen molar-refractivity contribution < 1.29 is 32.6 Å². The van der Waals surface area contributed by atoms with E-state index in [1.165, 1.54) is 5.56 Å². The van der Waals surface area contributed by atoms with Gasteiger partial charge in [-0.2, -0.15) is 13.2 Å². The number of pyridine rings is 1. The molecular formula is C28H27F3N2O4. The highest BCUT2D eigenvalue weighted by atomic mass is 19.4. The topological polar surface area (TPSA) is 88.5 Å². The minimum Gasteiger partial charge on any atom is -0.481 e. The Bertz CT molecular complexity index is 1260. The van der Waals surface area contributed by atoms with E-state index in [1.807, 2.05) is 61.5 Å². The van der Waals surface area contributed by atoms with E-state index >= 15 is 0 Å². The number of rotatable bonds is 8. The van der Waals surface area contributed by atoms with Crippen LogP contribution in [-0.4, -0.2) is 34.6 Å². The Morgan fingerprint density at radius 3 is 2.30 bits per heavy atom. The van der Waals surface area contributed by atoms with Crippen molar-refractivity contribution in [3.8, 4) is 18.1 Å². The molecule has 0 saturated heterocycles. The second-order valence-corrected chi connectivity index (χ2v) is 8.23. The van der Waals surface area contributed by atoms with Gasteiger partial charge < -0.3 is 15.2 Å². The number of nitrogens with one attached hydrogen (secondary N) is 1. The van der Waals surface area contributed by atoms with Crippen LogP contribution in [0.5, 0.6) is 5.75 Å². The number of anilines is 1. The Hall–Kier alpha value is -4.32. The number of aliphatic carboxylic acids is 1. The number of ether oxygens (including phenoxy) is 1. The number of hydrogen-bond donors (Lipinski definition) is 2. The average Bonchev–Trinajstić information content (AvgIpc) is 2.86. The van der Waals surface area contributed by atoms with Crippen LogP contribution in [0.15, 0.2) is 60.7 Å². The summed E-state index contributed by atoms with van der Waals surface area (Å²) in [5.41, 5.74) is 4.95. The van der Waals surface area contributed by atoms with E-state index < -0.39 is 12.1 Å². The van der Waals surface area contributed by atoms with Crippen LogP contribution in [-0.2, 0) is 11.3 Å². The minimum atomic E-state index is -5.08. The fourth-order valence-electron chi connectivity index (χ4n) is 3.14. The maximum Gasteiger partial charge on any atom is 0.490 e. The number of carboxylic acid groups (broad SMARTS) is 1. The third kappa shape index (κ3) is 9.00. The molecule has 2 N–H and O–H groups in total. The number of carbonyl (C=O) groups is 2. The Kier molecular flexibility index (Phi) is 10.3. The third-order valence-electron chi connectivity index (χ3n) is 5.05. The number of carboxylic acids is 1. The summed E-state index contributed by atoms with van der Waals surface area (Å²) in [5, 5.41) is 10.5. The Balaban J connectivity index is 0.000000604. The number of aryl methyl sites for hydroxylation is 1. The van der Waals surface area contributed by atoms with Crippen LogP contribution < -0.4 is 10.1 Å². The monoisotopic (exact) mass is 512 g/mol. The standard InChI is InChI=1S/C26H26N2O2.C2HF3O2/c1-5-15-30-23-13-14-25(27-17-22-8-6-7-19(4)28-22)24(16-23)26(29)21-11-9-20(10-12-21)18(2)3;3-2(4,5)1(6)7/h1,6-14,16,18,27H,15,17H2,2-4H3;(H,6,7). The summed E-state index contributed by atoms with van der Waals surface area (Å²) in [4.78, 5) is 26.7. The van der Waals surface area contributed by atoms with Crippen LogP contribution in [0.3, 0.4) is 0 Å². The Morgan fingerprint density at radius 1 is 1.11 bits per heavy atom. The highest BCUT2D eigenvalue weighted by Crippen LogP contribution is 2.26. The first-order chi connectivity index (χ1) is 17.4. The zero-order valence-electron chi connectivity index (χ0n) is 20.6. The van der Waals surface area contributed by atoms with Crippen molar-refractivity contribution in [2.75, 3.05) is 11.9 Å². The predicted octanol–water partition coefficient (Wildman–Crippen LogP) is 6.00. The van der Waals surface area contributed by atoms with Gasteiger partial charge in [-0.3, -0.25) is 9.78 Å². The molecule has 9 heteroatoms. The van der Waals surface area contributed by atoms with E-state index in [4.69, 9.17) is 21.1 Å². The number of ketones is 1. The van der Waals surface area contributed by atoms with Crippen molar-refractivity contribution in [3.05, 3.63) is 88.7 Å². The zero-order chi connectivity index (χ0) is 27.6. The van der Waals surface area contributed by atoms with Crippen LogP contribution in [0, 0.1) is 19.3 Å².